The van der Waals surface area contributed by atoms with E-state index in [-0.39, 0.29) is 17.2 Å². The van der Waals surface area contributed by atoms with Crippen molar-refractivity contribution in [1.82, 2.24) is 4.57 Å². The van der Waals surface area contributed by atoms with Crippen molar-refractivity contribution in [2.45, 2.75) is 71.4 Å². The second-order valence-corrected chi connectivity index (χ2v) is 9.89. The van der Waals surface area contributed by atoms with Gasteiger partial charge in [-0.05, 0) is 68.2 Å². The highest BCUT2D eigenvalue weighted by Gasteiger charge is 2.35. The molecule has 31 heavy (non-hydrogen) atoms. The van der Waals surface area contributed by atoms with Crippen LogP contribution in [0, 0.1) is 12.3 Å². The minimum Gasteiger partial charge on any atom is -0.382 e. The summed E-state index contributed by atoms with van der Waals surface area (Å²) in [5.41, 5.74) is 10.7. The van der Waals surface area contributed by atoms with Gasteiger partial charge in [0.05, 0.1) is 11.7 Å². The number of primary amides is 1. The zero-order chi connectivity index (χ0) is 22.3. The summed E-state index contributed by atoms with van der Waals surface area (Å²) in [7, 11) is 1.76. The van der Waals surface area contributed by atoms with E-state index in [9.17, 15) is 9.59 Å². The Morgan fingerprint density at radius 1 is 1.19 bits per heavy atom. The lowest BCUT2D eigenvalue weighted by molar-refractivity contribution is 0.0681. The Kier molecular flexibility index (Phi) is 5.69. The molecule has 2 aliphatic rings. The number of aryl methyl sites for hydroxylation is 1. The molecule has 0 radical (unpaired) electrons. The Labute approximate surface area is 184 Å². The molecule has 0 saturated heterocycles. The highest BCUT2D eigenvalue weighted by molar-refractivity contribution is 6.01. The first-order valence-electron chi connectivity index (χ1n) is 11.2. The number of ether oxygens (including phenoxy) is 1. The molecule has 1 fully saturated rings. The average Bonchev–Trinajstić information content (AvgIpc) is 3.03. The molecular weight excluding hydrogens is 390 g/mol. The smallest absolute Gasteiger partial charge is 0.250 e. The molecule has 6 nitrogen and oxygen atoms in total. The average molecular weight is 424 g/mol. The Balaban J connectivity index is 1.70. The fraction of sp³-hybridized carbons (Fsp3) is 0.520. The van der Waals surface area contributed by atoms with Crippen LogP contribution in [0.3, 0.4) is 0 Å². The van der Waals surface area contributed by atoms with Crippen molar-refractivity contribution in [2.24, 2.45) is 11.1 Å². The highest BCUT2D eigenvalue weighted by Crippen LogP contribution is 2.38. The normalized spacial score (nSPS) is 22.8. The molecule has 1 saturated carbocycles. The van der Waals surface area contributed by atoms with Gasteiger partial charge in [-0.1, -0.05) is 13.8 Å². The third kappa shape index (κ3) is 4.26. The molecule has 0 unspecified atom stereocenters. The van der Waals surface area contributed by atoms with E-state index in [0.29, 0.717) is 18.1 Å². The van der Waals surface area contributed by atoms with Crippen LogP contribution in [0.5, 0.6) is 0 Å². The number of methoxy groups -OCH3 is 1. The van der Waals surface area contributed by atoms with E-state index < -0.39 is 5.91 Å². The molecule has 0 bridgehead atoms. The summed E-state index contributed by atoms with van der Waals surface area (Å²) in [5.74, 6) is -0.230. The summed E-state index contributed by atoms with van der Waals surface area (Å²) in [5, 5.41) is 3.56. The van der Waals surface area contributed by atoms with Crippen LogP contribution in [0.1, 0.15) is 77.9 Å². The number of amides is 1. The van der Waals surface area contributed by atoms with Crippen molar-refractivity contribution in [3.63, 3.8) is 0 Å². The lowest BCUT2D eigenvalue weighted by atomic mass is 9.75. The summed E-state index contributed by atoms with van der Waals surface area (Å²) >= 11 is 0. The van der Waals surface area contributed by atoms with Crippen LogP contribution >= 0.6 is 0 Å². The van der Waals surface area contributed by atoms with Gasteiger partial charge in [0.1, 0.15) is 0 Å². The number of hydrogen-bond donors (Lipinski definition) is 2. The van der Waals surface area contributed by atoms with E-state index in [0.717, 1.165) is 60.3 Å². The largest absolute Gasteiger partial charge is 0.382 e. The number of nitrogens with one attached hydrogen (secondary N) is 1. The topological polar surface area (TPSA) is 86.3 Å². The van der Waals surface area contributed by atoms with Gasteiger partial charge in [-0.2, -0.15) is 0 Å². The summed E-state index contributed by atoms with van der Waals surface area (Å²) in [6, 6.07) is 5.98. The van der Waals surface area contributed by atoms with Crippen molar-refractivity contribution < 1.29 is 14.3 Å². The number of rotatable bonds is 5. The van der Waals surface area contributed by atoms with E-state index >= 15 is 0 Å². The van der Waals surface area contributed by atoms with E-state index in [1.54, 1.807) is 13.2 Å². The SMILES string of the molecule is COC1CCC(Nc2cc(-n3cc(C)c4c3CC(C)(C)CC4=O)ccc2C(N)=O)CC1. The Morgan fingerprint density at radius 3 is 2.55 bits per heavy atom. The minimum atomic E-state index is -0.443. The number of carbonyl (C=O) groups excluding carboxylic acids is 2. The molecule has 3 N–H and O–H groups in total. The number of hydrogen-bond acceptors (Lipinski definition) is 4. The van der Waals surface area contributed by atoms with Gasteiger partial charge in [-0.15, -0.1) is 0 Å². The van der Waals surface area contributed by atoms with Gasteiger partial charge in [0.2, 0.25) is 0 Å². The third-order valence-corrected chi connectivity index (χ3v) is 6.77. The molecule has 2 aromatic rings. The molecular formula is C25H33N3O3. The van der Waals surface area contributed by atoms with Crippen LogP contribution in [0.25, 0.3) is 5.69 Å². The van der Waals surface area contributed by atoms with E-state index in [4.69, 9.17) is 10.5 Å². The van der Waals surface area contributed by atoms with Crippen molar-refractivity contribution >= 4 is 17.4 Å². The van der Waals surface area contributed by atoms with Gasteiger partial charge in [-0.25, -0.2) is 0 Å². The molecule has 0 aliphatic heterocycles. The number of nitrogens with zero attached hydrogens (tertiary/aromatic N) is 1. The van der Waals surface area contributed by atoms with Crippen LogP contribution < -0.4 is 11.1 Å². The van der Waals surface area contributed by atoms with Gasteiger partial charge < -0.3 is 20.4 Å². The first-order valence-corrected chi connectivity index (χ1v) is 11.2. The summed E-state index contributed by atoms with van der Waals surface area (Å²) in [4.78, 5) is 24.9. The molecule has 166 valence electrons. The number of ketones is 1. The molecule has 2 aliphatic carbocycles. The molecule has 1 aromatic heterocycles. The van der Waals surface area contributed by atoms with Crippen molar-refractivity contribution in [3.05, 3.63) is 46.8 Å². The number of anilines is 1. The predicted molar refractivity (Wildman–Crippen MR) is 122 cm³/mol. The third-order valence-electron chi connectivity index (χ3n) is 6.77. The minimum absolute atomic E-state index is 0.0686. The molecule has 1 aromatic carbocycles. The Hall–Kier alpha value is -2.60. The summed E-state index contributed by atoms with van der Waals surface area (Å²) < 4.78 is 7.59. The maximum atomic E-state index is 12.8. The van der Waals surface area contributed by atoms with Crippen molar-refractivity contribution in [2.75, 3.05) is 12.4 Å². The maximum absolute atomic E-state index is 12.8. The highest BCUT2D eigenvalue weighted by atomic mass is 16.5. The van der Waals surface area contributed by atoms with Gasteiger partial charge in [0.25, 0.3) is 5.91 Å². The monoisotopic (exact) mass is 423 g/mol. The number of Topliss-reactive ketones (excluding diaryl/α,β-unsaturated/α-hetero) is 1. The summed E-state index contributed by atoms with van der Waals surface area (Å²) in [6.45, 7) is 6.27. The summed E-state index contributed by atoms with van der Waals surface area (Å²) in [6.07, 6.45) is 7.74. The molecule has 0 spiro atoms. The van der Waals surface area contributed by atoms with Crippen molar-refractivity contribution in [3.8, 4) is 5.69 Å². The Bertz CT molecular complexity index is 1010. The van der Waals surface area contributed by atoms with Gasteiger partial charge in [0.15, 0.2) is 5.78 Å². The first-order chi connectivity index (χ1) is 14.7. The van der Waals surface area contributed by atoms with Crippen LogP contribution in [0.2, 0.25) is 0 Å². The molecule has 1 amide bonds. The number of fused-ring (bicyclic) bond motifs is 1. The number of carbonyl (C=O) groups is 2. The standard InChI is InChI=1S/C25H33N3O3/c1-15-14-28(21-12-25(2,3)13-22(29)23(15)21)17-7-10-19(24(26)30)20(11-17)27-16-5-8-18(31-4)9-6-16/h7,10-11,14,16,18,27H,5-6,8-9,12-13H2,1-4H3,(H2,26,30). The van der Waals surface area contributed by atoms with Crippen LogP contribution in [0.4, 0.5) is 5.69 Å². The number of nitrogens with two attached hydrogens (primary N) is 1. The van der Waals surface area contributed by atoms with Gasteiger partial charge >= 0.3 is 0 Å². The van der Waals surface area contributed by atoms with Gasteiger partial charge in [-0.3, -0.25) is 9.59 Å². The second kappa shape index (κ2) is 8.15. The maximum Gasteiger partial charge on any atom is 0.250 e. The van der Waals surface area contributed by atoms with Crippen molar-refractivity contribution in [1.29, 1.82) is 0 Å². The zero-order valence-electron chi connectivity index (χ0n) is 19.0. The number of benzene rings is 1. The van der Waals surface area contributed by atoms with Crippen LogP contribution in [-0.2, 0) is 11.2 Å². The second-order valence-electron chi connectivity index (χ2n) is 9.89. The molecule has 1 heterocycles. The fourth-order valence-electron chi connectivity index (χ4n) is 5.19. The van der Waals surface area contributed by atoms with E-state index in [1.165, 1.54) is 0 Å². The molecule has 4 rings (SSSR count). The van der Waals surface area contributed by atoms with Crippen LogP contribution in [-0.4, -0.2) is 35.5 Å². The zero-order valence-corrected chi connectivity index (χ0v) is 19.0. The Morgan fingerprint density at radius 2 is 1.90 bits per heavy atom. The van der Waals surface area contributed by atoms with Crippen LogP contribution in [0.15, 0.2) is 24.4 Å². The first kappa shape index (κ1) is 21.6. The number of aromatic nitrogens is 1. The molecule has 0 atom stereocenters. The quantitative estimate of drug-likeness (QED) is 0.746. The van der Waals surface area contributed by atoms with E-state index in [1.807, 2.05) is 25.3 Å². The lowest BCUT2D eigenvalue weighted by Gasteiger charge is -2.30. The lowest BCUT2D eigenvalue weighted by Crippen LogP contribution is -2.30. The predicted octanol–water partition coefficient (Wildman–Crippen LogP) is 4.41. The van der Waals surface area contributed by atoms with Gasteiger partial charge in [0, 0.05) is 48.4 Å². The van der Waals surface area contributed by atoms with E-state index in [2.05, 4.69) is 23.7 Å². The molecule has 6 heteroatoms. The fourth-order valence-corrected chi connectivity index (χ4v) is 5.19.